The van der Waals surface area contributed by atoms with Gasteiger partial charge in [-0.15, -0.1) is 0 Å². The molecule has 6 nitrogen and oxygen atoms in total. The second-order valence-electron chi connectivity index (χ2n) is 8.02. The summed E-state index contributed by atoms with van der Waals surface area (Å²) in [5.41, 5.74) is 1.74. The molecule has 0 bridgehead atoms. The van der Waals surface area contributed by atoms with Crippen LogP contribution in [-0.2, 0) is 14.4 Å². The van der Waals surface area contributed by atoms with Gasteiger partial charge in [-0.2, -0.15) is 0 Å². The molecular formula is C21H29N3O3. The maximum absolute atomic E-state index is 12.5. The molecule has 2 aliphatic heterocycles. The van der Waals surface area contributed by atoms with E-state index in [1.165, 1.54) is 19.3 Å². The number of benzene rings is 1. The monoisotopic (exact) mass is 371 g/mol. The van der Waals surface area contributed by atoms with Crippen molar-refractivity contribution in [3.05, 3.63) is 24.3 Å². The van der Waals surface area contributed by atoms with Gasteiger partial charge in [-0.05, 0) is 55.9 Å². The molecule has 1 aromatic carbocycles. The van der Waals surface area contributed by atoms with Crippen LogP contribution in [-0.4, -0.2) is 36.7 Å². The summed E-state index contributed by atoms with van der Waals surface area (Å²) in [6.45, 7) is 6.20. The normalized spacial score (nSPS) is 23.3. The third-order valence-corrected chi connectivity index (χ3v) is 5.25. The highest BCUT2D eigenvalue weighted by Crippen LogP contribution is 2.23. The van der Waals surface area contributed by atoms with Crippen molar-refractivity contribution in [3.63, 3.8) is 0 Å². The zero-order chi connectivity index (χ0) is 19.4. The van der Waals surface area contributed by atoms with E-state index in [2.05, 4.69) is 15.5 Å². The molecule has 2 atom stereocenters. The Morgan fingerprint density at radius 3 is 2.41 bits per heavy atom. The summed E-state index contributed by atoms with van der Waals surface area (Å²) in [6.07, 6.45) is 4.64. The van der Waals surface area contributed by atoms with Crippen LogP contribution in [0.15, 0.2) is 24.3 Å². The number of hydrogen-bond acceptors (Lipinski definition) is 4. The first-order chi connectivity index (χ1) is 12.9. The fourth-order valence-corrected chi connectivity index (χ4v) is 3.94. The number of nitrogens with one attached hydrogen (secondary N) is 2. The summed E-state index contributed by atoms with van der Waals surface area (Å²) < 4.78 is 0. The van der Waals surface area contributed by atoms with Gasteiger partial charge < -0.3 is 15.5 Å². The molecular weight excluding hydrogens is 342 g/mol. The van der Waals surface area contributed by atoms with E-state index in [4.69, 9.17) is 0 Å². The zero-order valence-corrected chi connectivity index (χ0v) is 16.2. The number of Topliss-reactive ketones (excluding diaryl/α,β-unsaturated/α-hetero) is 1. The topological polar surface area (TPSA) is 78.5 Å². The van der Waals surface area contributed by atoms with Gasteiger partial charge in [0, 0.05) is 36.9 Å². The van der Waals surface area contributed by atoms with Crippen molar-refractivity contribution >= 4 is 29.0 Å². The zero-order valence-electron chi connectivity index (χ0n) is 16.2. The van der Waals surface area contributed by atoms with Crippen LogP contribution in [0.2, 0.25) is 0 Å². The molecule has 1 aromatic rings. The largest absolute Gasteiger partial charge is 0.372 e. The van der Waals surface area contributed by atoms with E-state index in [-0.39, 0.29) is 18.2 Å². The molecule has 3 rings (SSSR count). The summed E-state index contributed by atoms with van der Waals surface area (Å²) in [7, 11) is 0. The summed E-state index contributed by atoms with van der Waals surface area (Å²) in [6, 6.07) is 7.44. The molecule has 2 aliphatic rings. The Hall–Kier alpha value is -2.37. The van der Waals surface area contributed by atoms with E-state index in [1.807, 2.05) is 38.1 Å². The Balaban J connectivity index is 1.59. The van der Waals surface area contributed by atoms with Crippen molar-refractivity contribution in [2.45, 2.75) is 52.0 Å². The average molecular weight is 371 g/mol. The molecule has 2 N–H and O–H groups in total. The third-order valence-electron chi connectivity index (χ3n) is 5.25. The van der Waals surface area contributed by atoms with E-state index < -0.39 is 17.7 Å². The van der Waals surface area contributed by atoms with Crippen molar-refractivity contribution in [2.24, 2.45) is 11.8 Å². The van der Waals surface area contributed by atoms with Gasteiger partial charge in [0.2, 0.25) is 11.8 Å². The van der Waals surface area contributed by atoms with Crippen molar-refractivity contribution in [1.29, 1.82) is 0 Å². The number of ketones is 1. The number of amides is 2. The summed E-state index contributed by atoms with van der Waals surface area (Å²) in [5, 5.41) is 5.54. The predicted molar refractivity (Wildman–Crippen MR) is 106 cm³/mol. The number of rotatable bonds is 5. The fourth-order valence-electron chi connectivity index (χ4n) is 3.94. The van der Waals surface area contributed by atoms with Crippen LogP contribution < -0.4 is 15.5 Å². The minimum absolute atomic E-state index is 0.169. The summed E-state index contributed by atoms with van der Waals surface area (Å²) >= 11 is 0. The molecule has 0 aromatic heterocycles. The maximum atomic E-state index is 12.5. The van der Waals surface area contributed by atoms with Crippen molar-refractivity contribution in [1.82, 2.24) is 5.32 Å². The number of nitrogens with zero attached hydrogens (tertiary/aromatic N) is 1. The second-order valence-corrected chi connectivity index (χ2v) is 8.02. The van der Waals surface area contributed by atoms with Gasteiger partial charge in [0.25, 0.3) is 0 Å². The van der Waals surface area contributed by atoms with Gasteiger partial charge in [0.15, 0.2) is 11.7 Å². The first-order valence-electron chi connectivity index (χ1n) is 9.93. The molecule has 0 saturated carbocycles. The Kier molecular flexibility index (Phi) is 6.14. The lowest BCUT2D eigenvalue weighted by atomic mass is 9.88. The molecule has 6 heteroatoms. The third kappa shape index (κ3) is 4.87. The molecule has 0 radical (unpaired) electrons. The van der Waals surface area contributed by atoms with Crippen LogP contribution in [0.1, 0.15) is 46.0 Å². The van der Waals surface area contributed by atoms with E-state index in [0.717, 1.165) is 25.2 Å². The Labute approximate surface area is 160 Å². The van der Waals surface area contributed by atoms with E-state index in [0.29, 0.717) is 11.6 Å². The van der Waals surface area contributed by atoms with Gasteiger partial charge in [0.05, 0.1) is 0 Å². The van der Waals surface area contributed by atoms with Crippen LogP contribution in [0.3, 0.4) is 0 Å². The highest BCUT2D eigenvalue weighted by atomic mass is 16.2. The molecule has 0 aliphatic carbocycles. The fraction of sp³-hybridized carbons (Fsp3) is 0.571. The standard InChI is InChI=1S/C21H29N3O3/c1-14(2)12-16-13-18(25)19(21(27)23-16)20(26)22-15-6-8-17(9-7-15)24-10-4-3-5-11-24/h6-9,14,16,19H,3-5,10-13H2,1-2H3,(H,22,26)(H,23,27). The van der Waals surface area contributed by atoms with Crippen molar-refractivity contribution in [2.75, 3.05) is 23.3 Å². The van der Waals surface area contributed by atoms with E-state index >= 15 is 0 Å². The van der Waals surface area contributed by atoms with Crippen molar-refractivity contribution < 1.29 is 14.4 Å². The van der Waals surface area contributed by atoms with Gasteiger partial charge in [0.1, 0.15) is 0 Å². The summed E-state index contributed by atoms with van der Waals surface area (Å²) in [5.74, 6) is -2.21. The highest BCUT2D eigenvalue weighted by molar-refractivity contribution is 6.22. The van der Waals surface area contributed by atoms with Gasteiger partial charge in [-0.25, -0.2) is 0 Å². The predicted octanol–water partition coefficient (Wildman–Crippen LogP) is 2.74. The van der Waals surface area contributed by atoms with Gasteiger partial charge in [-0.3, -0.25) is 14.4 Å². The van der Waals surface area contributed by atoms with Crippen LogP contribution in [0.5, 0.6) is 0 Å². The molecule has 27 heavy (non-hydrogen) atoms. The maximum Gasteiger partial charge on any atom is 0.244 e. The minimum atomic E-state index is -1.25. The molecule has 146 valence electrons. The van der Waals surface area contributed by atoms with Gasteiger partial charge in [-0.1, -0.05) is 13.8 Å². The van der Waals surface area contributed by atoms with Crippen LogP contribution in [0.25, 0.3) is 0 Å². The second kappa shape index (κ2) is 8.55. The van der Waals surface area contributed by atoms with Crippen LogP contribution in [0.4, 0.5) is 11.4 Å². The lowest BCUT2D eigenvalue weighted by molar-refractivity contribution is -0.143. The number of piperidine rings is 2. The molecule has 2 amide bonds. The quantitative estimate of drug-likeness (QED) is 0.780. The SMILES string of the molecule is CC(C)CC1CC(=O)C(C(=O)Nc2ccc(N3CCCCC3)cc2)C(=O)N1. The smallest absolute Gasteiger partial charge is 0.244 e. The average Bonchev–Trinajstić information content (AvgIpc) is 2.62. The van der Waals surface area contributed by atoms with E-state index in [9.17, 15) is 14.4 Å². The number of carbonyl (C=O) groups excluding carboxylic acids is 3. The number of carbonyl (C=O) groups is 3. The van der Waals surface area contributed by atoms with Crippen LogP contribution in [0, 0.1) is 11.8 Å². The molecule has 0 spiro atoms. The number of anilines is 2. The lowest BCUT2D eigenvalue weighted by Crippen LogP contribution is -2.53. The van der Waals surface area contributed by atoms with Crippen molar-refractivity contribution in [3.8, 4) is 0 Å². The Morgan fingerprint density at radius 1 is 1.15 bits per heavy atom. The molecule has 2 unspecified atom stereocenters. The molecule has 2 saturated heterocycles. The summed E-state index contributed by atoms with van der Waals surface area (Å²) in [4.78, 5) is 39.5. The number of hydrogen-bond donors (Lipinski definition) is 2. The lowest BCUT2D eigenvalue weighted by Gasteiger charge is -2.29. The molecule has 2 fully saturated rings. The van der Waals surface area contributed by atoms with E-state index in [1.54, 1.807) is 0 Å². The first-order valence-corrected chi connectivity index (χ1v) is 9.93. The van der Waals surface area contributed by atoms with Crippen LogP contribution >= 0.6 is 0 Å². The van der Waals surface area contributed by atoms with Gasteiger partial charge >= 0.3 is 0 Å². The Morgan fingerprint density at radius 2 is 1.81 bits per heavy atom. The molecule has 2 heterocycles. The first kappa shape index (κ1) is 19.4. The highest BCUT2D eigenvalue weighted by Gasteiger charge is 2.40. The Bertz CT molecular complexity index is 675. The minimum Gasteiger partial charge on any atom is -0.372 e.